The quantitative estimate of drug-likeness (QED) is 0.828. The molecule has 0 saturated carbocycles. The molecule has 30 heavy (non-hydrogen) atoms. The molecule has 3 heterocycles. The fourth-order valence-corrected chi connectivity index (χ4v) is 6.02. The smallest absolute Gasteiger partial charge is 0.321 e. The van der Waals surface area contributed by atoms with Crippen LogP contribution >= 0.6 is 0 Å². The average Bonchev–Trinajstić information content (AvgIpc) is 3.15. The second-order valence-corrected chi connectivity index (χ2v) is 10.2. The number of rotatable bonds is 3. The lowest BCUT2D eigenvalue weighted by molar-refractivity contribution is -0.141. The molecule has 3 amide bonds. The molecule has 0 bridgehead atoms. The molecule has 4 rings (SSSR count). The summed E-state index contributed by atoms with van der Waals surface area (Å²) in [6, 6.07) is 7.88. The summed E-state index contributed by atoms with van der Waals surface area (Å²) in [6.45, 7) is 11.7. The Morgan fingerprint density at radius 1 is 1.07 bits per heavy atom. The highest BCUT2D eigenvalue weighted by molar-refractivity contribution is 5.89. The Hall–Kier alpha value is -2.08. The van der Waals surface area contributed by atoms with E-state index in [9.17, 15) is 9.59 Å². The number of hydrogen-bond donors (Lipinski definition) is 1. The number of benzene rings is 1. The van der Waals surface area contributed by atoms with Crippen molar-refractivity contribution in [3.05, 3.63) is 29.8 Å². The van der Waals surface area contributed by atoms with E-state index in [0.717, 1.165) is 51.1 Å². The molecule has 1 aromatic carbocycles. The third kappa shape index (κ3) is 3.59. The third-order valence-electron chi connectivity index (χ3n) is 7.60. The zero-order chi connectivity index (χ0) is 21.5. The maximum Gasteiger partial charge on any atom is 0.321 e. The highest BCUT2D eigenvalue weighted by Gasteiger charge is 2.64. The summed E-state index contributed by atoms with van der Waals surface area (Å²) in [4.78, 5) is 32.5. The molecule has 164 valence electrons. The van der Waals surface area contributed by atoms with E-state index in [-0.39, 0.29) is 16.9 Å². The molecular weight excluding hydrogens is 376 g/mol. The summed E-state index contributed by atoms with van der Waals surface area (Å²) in [6.07, 6.45) is 2.76. The molecule has 3 saturated heterocycles. The largest absolute Gasteiger partial charge is 0.345 e. The number of carbonyl (C=O) groups is 2. The molecule has 3 fully saturated rings. The van der Waals surface area contributed by atoms with E-state index < -0.39 is 0 Å². The Morgan fingerprint density at radius 2 is 1.73 bits per heavy atom. The first kappa shape index (κ1) is 21.2. The number of hydrogen-bond acceptors (Lipinski definition) is 3. The van der Waals surface area contributed by atoms with Crippen LogP contribution < -0.4 is 5.32 Å². The van der Waals surface area contributed by atoms with Crippen molar-refractivity contribution < 1.29 is 9.59 Å². The molecule has 2 spiro atoms. The Balaban J connectivity index is 1.47. The summed E-state index contributed by atoms with van der Waals surface area (Å²) in [5.41, 5.74) is 1.73. The normalized spacial score (nSPS) is 26.4. The maximum absolute atomic E-state index is 13.3. The lowest BCUT2D eigenvalue weighted by Crippen LogP contribution is -2.54. The topological polar surface area (TPSA) is 55.9 Å². The molecule has 6 nitrogen and oxygen atoms in total. The number of anilines is 1. The van der Waals surface area contributed by atoms with Gasteiger partial charge in [-0.15, -0.1) is 0 Å². The summed E-state index contributed by atoms with van der Waals surface area (Å²) in [7, 11) is 1.94. The molecule has 1 atom stereocenters. The number of piperidine rings is 1. The number of carbonyl (C=O) groups excluding carboxylic acids is 2. The minimum absolute atomic E-state index is 0.00955. The predicted octanol–water partition coefficient (Wildman–Crippen LogP) is 3.43. The summed E-state index contributed by atoms with van der Waals surface area (Å²) in [5.74, 6) is 0.915. The van der Waals surface area contributed by atoms with Crippen LogP contribution in [0.15, 0.2) is 24.3 Å². The molecule has 3 aliphatic heterocycles. The maximum atomic E-state index is 13.3. The fourth-order valence-electron chi connectivity index (χ4n) is 6.02. The summed E-state index contributed by atoms with van der Waals surface area (Å²) < 4.78 is 0. The van der Waals surface area contributed by atoms with Gasteiger partial charge < -0.3 is 20.0 Å². The van der Waals surface area contributed by atoms with Crippen molar-refractivity contribution >= 4 is 17.6 Å². The third-order valence-corrected chi connectivity index (χ3v) is 7.60. The lowest BCUT2D eigenvalue weighted by Gasteiger charge is -2.46. The highest BCUT2D eigenvalue weighted by atomic mass is 16.2. The molecule has 0 aliphatic carbocycles. The highest BCUT2D eigenvalue weighted by Crippen LogP contribution is 2.57. The van der Waals surface area contributed by atoms with Gasteiger partial charge in [-0.2, -0.15) is 0 Å². The number of likely N-dealkylation sites (tertiary alicyclic amines) is 3. The summed E-state index contributed by atoms with van der Waals surface area (Å²) >= 11 is 0. The number of nitrogens with one attached hydrogen (secondary N) is 1. The second-order valence-electron chi connectivity index (χ2n) is 10.2. The van der Waals surface area contributed by atoms with Gasteiger partial charge in [-0.25, -0.2) is 4.79 Å². The average molecular weight is 413 g/mol. The van der Waals surface area contributed by atoms with Gasteiger partial charge in [0.15, 0.2) is 0 Å². The predicted molar refractivity (Wildman–Crippen MR) is 119 cm³/mol. The Morgan fingerprint density at radius 3 is 2.30 bits per heavy atom. The first-order valence-electron chi connectivity index (χ1n) is 11.4. The lowest BCUT2D eigenvalue weighted by atomic mass is 9.60. The van der Waals surface area contributed by atoms with E-state index in [0.29, 0.717) is 24.9 Å². The Bertz CT molecular complexity index is 798. The molecular formula is C24H36N4O2. The fraction of sp³-hybridized carbons (Fsp3) is 0.667. The van der Waals surface area contributed by atoms with Crippen molar-refractivity contribution in [2.24, 2.45) is 16.7 Å². The van der Waals surface area contributed by atoms with Crippen molar-refractivity contribution in [2.75, 3.05) is 51.6 Å². The standard InChI is InChI=1S/C24H36N4O2/c1-18(2)15-27-16-23(24(17-27)11-12-26(4)21(24)29)9-13-28(14-10-23)22(30)25-20-7-5-19(3)6-8-20/h5-8,18H,9-17H2,1-4H3,(H,25,30)/t24-/m0/s1. The van der Waals surface area contributed by atoms with E-state index in [1.807, 2.05) is 48.0 Å². The molecule has 0 radical (unpaired) electrons. The number of urea groups is 1. The van der Waals surface area contributed by atoms with Crippen molar-refractivity contribution in [2.45, 2.75) is 40.0 Å². The van der Waals surface area contributed by atoms with Crippen LogP contribution in [-0.2, 0) is 4.79 Å². The van der Waals surface area contributed by atoms with Gasteiger partial charge in [0.1, 0.15) is 0 Å². The van der Waals surface area contributed by atoms with E-state index >= 15 is 0 Å². The number of nitrogens with zero attached hydrogens (tertiary/aromatic N) is 3. The molecule has 0 aromatic heterocycles. The SMILES string of the molecule is Cc1ccc(NC(=O)N2CCC3(CC2)CN(CC(C)C)C[C@]32CCN(C)C2=O)cc1. The number of amides is 3. The molecule has 0 unspecified atom stereocenters. The monoisotopic (exact) mass is 412 g/mol. The van der Waals surface area contributed by atoms with E-state index in [2.05, 4.69) is 24.1 Å². The first-order valence-corrected chi connectivity index (χ1v) is 11.4. The van der Waals surface area contributed by atoms with Crippen LogP contribution in [-0.4, -0.2) is 73.0 Å². The van der Waals surface area contributed by atoms with Gasteiger partial charge in [0.2, 0.25) is 5.91 Å². The van der Waals surface area contributed by atoms with Crippen molar-refractivity contribution in [3.63, 3.8) is 0 Å². The van der Waals surface area contributed by atoms with Gasteiger partial charge in [0.05, 0.1) is 5.41 Å². The minimum Gasteiger partial charge on any atom is -0.345 e. The van der Waals surface area contributed by atoms with Crippen LogP contribution in [0.25, 0.3) is 0 Å². The van der Waals surface area contributed by atoms with Gasteiger partial charge in [-0.05, 0) is 44.2 Å². The van der Waals surface area contributed by atoms with Gasteiger partial charge >= 0.3 is 6.03 Å². The van der Waals surface area contributed by atoms with Crippen LogP contribution in [0.4, 0.5) is 10.5 Å². The van der Waals surface area contributed by atoms with Crippen molar-refractivity contribution in [3.8, 4) is 0 Å². The summed E-state index contributed by atoms with van der Waals surface area (Å²) in [5, 5.41) is 3.03. The van der Waals surface area contributed by atoms with E-state index in [1.165, 1.54) is 5.56 Å². The Kier molecular flexibility index (Phi) is 5.56. The minimum atomic E-state index is -0.268. The molecule has 3 aliphatic rings. The zero-order valence-electron chi connectivity index (χ0n) is 18.9. The molecule has 6 heteroatoms. The molecule has 1 N–H and O–H groups in total. The van der Waals surface area contributed by atoms with E-state index in [1.54, 1.807) is 0 Å². The number of fused-ring (bicyclic) bond motifs is 1. The number of aryl methyl sites for hydroxylation is 1. The van der Waals surface area contributed by atoms with Crippen LogP contribution in [0, 0.1) is 23.7 Å². The van der Waals surface area contributed by atoms with Crippen molar-refractivity contribution in [1.82, 2.24) is 14.7 Å². The molecule has 1 aromatic rings. The zero-order valence-corrected chi connectivity index (χ0v) is 18.9. The first-order chi connectivity index (χ1) is 14.2. The van der Waals surface area contributed by atoms with Gasteiger partial charge in [-0.1, -0.05) is 31.5 Å². The van der Waals surface area contributed by atoms with Crippen LogP contribution in [0.5, 0.6) is 0 Å². The van der Waals surface area contributed by atoms with Crippen LogP contribution in [0.3, 0.4) is 0 Å². The van der Waals surface area contributed by atoms with E-state index in [4.69, 9.17) is 0 Å². The van der Waals surface area contributed by atoms with Gasteiger partial charge in [-0.3, -0.25) is 4.79 Å². The van der Waals surface area contributed by atoms with Gasteiger partial charge in [0, 0.05) is 57.4 Å². The Labute approximate surface area is 180 Å². The van der Waals surface area contributed by atoms with Gasteiger partial charge in [0.25, 0.3) is 0 Å². The van der Waals surface area contributed by atoms with Crippen LogP contribution in [0.2, 0.25) is 0 Å². The second kappa shape index (κ2) is 7.88. The van der Waals surface area contributed by atoms with Crippen molar-refractivity contribution in [1.29, 1.82) is 0 Å². The van der Waals surface area contributed by atoms with Crippen LogP contribution in [0.1, 0.15) is 38.7 Å².